The molecule has 0 spiro atoms. The molecule has 0 atom stereocenters. The molecule has 3 nitrogen and oxygen atoms in total. The maximum absolute atomic E-state index is 4.54. The van der Waals surface area contributed by atoms with Crippen molar-refractivity contribution in [3.8, 4) is 5.69 Å². The van der Waals surface area contributed by atoms with Crippen LogP contribution >= 0.6 is 0 Å². The van der Waals surface area contributed by atoms with Crippen LogP contribution in [0.5, 0.6) is 0 Å². The van der Waals surface area contributed by atoms with Crippen molar-refractivity contribution in [2.45, 2.75) is 32.7 Å². The molecule has 3 rings (SSSR count). The molecule has 1 aliphatic carbocycles. The zero-order chi connectivity index (χ0) is 11.8. The Morgan fingerprint density at radius 1 is 1.18 bits per heavy atom. The van der Waals surface area contributed by atoms with E-state index in [9.17, 15) is 0 Å². The van der Waals surface area contributed by atoms with E-state index in [-0.39, 0.29) is 0 Å². The number of aryl methyl sites for hydroxylation is 2. The number of rotatable bonds is 3. The largest absolute Gasteiger partial charge is 0.353 e. The Morgan fingerprint density at radius 2 is 1.88 bits per heavy atom. The van der Waals surface area contributed by atoms with Crippen LogP contribution in [0.2, 0.25) is 0 Å². The van der Waals surface area contributed by atoms with Crippen molar-refractivity contribution >= 4 is 5.95 Å². The molecule has 1 aromatic heterocycles. The summed E-state index contributed by atoms with van der Waals surface area (Å²) >= 11 is 0. The van der Waals surface area contributed by atoms with Crippen LogP contribution in [0.1, 0.15) is 24.1 Å². The fraction of sp³-hybridized carbons (Fsp3) is 0.357. The molecule has 0 amide bonds. The summed E-state index contributed by atoms with van der Waals surface area (Å²) in [5, 5.41) is 3.47. The van der Waals surface area contributed by atoms with Crippen molar-refractivity contribution in [1.82, 2.24) is 9.55 Å². The quantitative estimate of drug-likeness (QED) is 0.873. The maximum atomic E-state index is 4.54. The number of imidazole rings is 1. The topological polar surface area (TPSA) is 29.9 Å². The van der Waals surface area contributed by atoms with Crippen LogP contribution in [0.3, 0.4) is 0 Å². The third-order valence-corrected chi connectivity index (χ3v) is 3.05. The average Bonchev–Trinajstić information content (AvgIpc) is 3.03. The fourth-order valence-electron chi connectivity index (χ4n) is 1.91. The van der Waals surface area contributed by atoms with Gasteiger partial charge in [0.2, 0.25) is 5.95 Å². The number of aromatic nitrogens is 2. The lowest BCUT2D eigenvalue weighted by Crippen LogP contribution is -2.07. The minimum atomic E-state index is 0.626. The van der Waals surface area contributed by atoms with E-state index in [1.807, 2.05) is 6.92 Å². The first-order valence-corrected chi connectivity index (χ1v) is 6.12. The van der Waals surface area contributed by atoms with E-state index in [4.69, 9.17) is 0 Å². The number of hydrogen-bond donors (Lipinski definition) is 1. The van der Waals surface area contributed by atoms with Gasteiger partial charge < -0.3 is 5.32 Å². The molecule has 17 heavy (non-hydrogen) atoms. The van der Waals surface area contributed by atoms with Crippen LogP contribution in [-0.4, -0.2) is 15.6 Å². The van der Waals surface area contributed by atoms with Gasteiger partial charge in [-0.2, -0.15) is 0 Å². The average molecular weight is 227 g/mol. The van der Waals surface area contributed by atoms with Gasteiger partial charge in [-0.25, -0.2) is 4.98 Å². The number of benzene rings is 1. The van der Waals surface area contributed by atoms with Gasteiger partial charge in [0.15, 0.2) is 0 Å². The molecule has 1 aromatic carbocycles. The van der Waals surface area contributed by atoms with Crippen molar-refractivity contribution in [3.63, 3.8) is 0 Å². The Kier molecular flexibility index (Phi) is 2.39. The summed E-state index contributed by atoms with van der Waals surface area (Å²) in [6.45, 7) is 4.13. The fourth-order valence-corrected chi connectivity index (χ4v) is 1.91. The van der Waals surface area contributed by atoms with Gasteiger partial charge in [0.05, 0.1) is 5.69 Å². The minimum absolute atomic E-state index is 0.626. The van der Waals surface area contributed by atoms with Crippen molar-refractivity contribution in [2.24, 2.45) is 0 Å². The Labute approximate surface area is 101 Å². The molecule has 1 aliphatic rings. The van der Waals surface area contributed by atoms with Crippen LogP contribution in [0.25, 0.3) is 5.69 Å². The third kappa shape index (κ3) is 2.18. The van der Waals surface area contributed by atoms with Crippen LogP contribution < -0.4 is 5.32 Å². The lowest BCUT2D eigenvalue weighted by atomic mass is 10.2. The second kappa shape index (κ2) is 3.91. The van der Waals surface area contributed by atoms with Crippen LogP contribution in [0.15, 0.2) is 30.5 Å². The number of anilines is 1. The second-order valence-corrected chi connectivity index (χ2v) is 4.83. The Balaban J connectivity index is 1.97. The summed E-state index contributed by atoms with van der Waals surface area (Å²) in [5.74, 6) is 0.967. The molecule has 1 saturated carbocycles. The van der Waals surface area contributed by atoms with E-state index in [1.54, 1.807) is 0 Å². The summed E-state index contributed by atoms with van der Waals surface area (Å²) in [7, 11) is 0. The van der Waals surface area contributed by atoms with E-state index in [2.05, 4.69) is 52.3 Å². The number of nitrogens with zero attached hydrogens (tertiary/aromatic N) is 2. The van der Waals surface area contributed by atoms with Crippen molar-refractivity contribution in [2.75, 3.05) is 5.32 Å². The SMILES string of the molecule is Cc1ccc(-n2cc(C)nc2NC2CC2)cc1. The van der Waals surface area contributed by atoms with E-state index in [0.29, 0.717) is 6.04 Å². The molecule has 1 heterocycles. The zero-order valence-corrected chi connectivity index (χ0v) is 10.3. The highest BCUT2D eigenvalue weighted by atomic mass is 15.2. The first-order chi connectivity index (χ1) is 8.22. The molecular weight excluding hydrogens is 210 g/mol. The normalized spacial score (nSPS) is 14.9. The lowest BCUT2D eigenvalue weighted by Gasteiger charge is -2.09. The second-order valence-electron chi connectivity index (χ2n) is 4.83. The summed E-state index contributed by atoms with van der Waals surface area (Å²) in [5.41, 5.74) is 3.50. The van der Waals surface area contributed by atoms with Crippen LogP contribution in [0.4, 0.5) is 5.95 Å². The van der Waals surface area contributed by atoms with E-state index < -0.39 is 0 Å². The molecule has 3 heteroatoms. The van der Waals surface area contributed by atoms with Crippen molar-refractivity contribution in [3.05, 3.63) is 41.7 Å². The lowest BCUT2D eigenvalue weighted by molar-refractivity contribution is 1.00. The van der Waals surface area contributed by atoms with E-state index >= 15 is 0 Å². The summed E-state index contributed by atoms with van der Waals surface area (Å²) < 4.78 is 2.13. The molecule has 0 radical (unpaired) electrons. The van der Waals surface area contributed by atoms with Gasteiger partial charge >= 0.3 is 0 Å². The van der Waals surface area contributed by atoms with Crippen LogP contribution in [-0.2, 0) is 0 Å². The highest BCUT2D eigenvalue weighted by Crippen LogP contribution is 2.26. The third-order valence-electron chi connectivity index (χ3n) is 3.05. The Bertz CT molecular complexity index is 521. The van der Waals surface area contributed by atoms with E-state index in [0.717, 1.165) is 11.6 Å². The maximum Gasteiger partial charge on any atom is 0.207 e. The van der Waals surface area contributed by atoms with Gasteiger partial charge in [-0.15, -0.1) is 0 Å². The smallest absolute Gasteiger partial charge is 0.207 e. The molecule has 0 bridgehead atoms. The summed E-state index contributed by atoms with van der Waals surface area (Å²) in [4.78, 5) is 4.54. The van der Waals surface area contributed by atoms with Crippen molar-refractivity contribution < 1.29 is 0 Å². The van der Waals surface area contributed by atoms with Gasteiger partial charge in [0.1, 0.15) is 0 Å². The van der Waals surface area contributed by atoms with Gasteiger partial charge in [-0.3, -0.25) is 4.57 Å². The first kappa shape index (κ1) is 10.4. The molecule has 0 aliphatic heterocycles. The number of nitrogens with one attached hydrogen (secondary N) is 1. The van der Waals surface area contributed by atoms with Crippen LogP contribution in [0, 0.1) is 13.8 Å². The first-order valence-electron chi connectivity index (χ1n) is 6.12. The molecule has 0 unspecified atom stereocenters. The zero-order valence-electron chi connectivity index (χ0n) is 10.3. The minimum Gasteiger partial charge on any atom is -0.353 e. The van der Waals surface area contributed by atoms with Gasteiger partial charge in [-0.05, 0) is 38.8 Å². The predicted octanol–water partition coefficient (Wildman–Crippen LogP) is 3.06. The van der Waals surface area contributed by atoms with Gasteiger partial charge in [0.25, 0.3) is 0 Å². The monoisotopic (exact) mass is 227 g/mol. The van der Waals surface area contributed by atoms with Crippen molar-refractivity contribution in [1.29, 1.82) is 0 Å². The molecule has 88 valence electrons. The van der Waals surface area contributed by atoms with E-state index in [1.165, 1.54) is 24.1 Å². The highest BCUT2D eigenvalue weighted by molar-refractivity contribution is 5.45. The Morgan fingerprint density at radius 3 is 2.53 bits per heavy atom. The molecule has 0 saturated heterocycles. The molecule has 1 fully saturated rings. The summed E-state index contributed by atoms with van der Waals surface area (Å²) in [6.07, 6.45) is 4.61. The van der Waals surface area contributed by atoms with Gasteiger partial charge in [0, 0.05) is 17.9 Å². The number of hydrogen-bond acceptors (Lipinski definition) is 2. The van der Waals surface area contributed by atoms with Gasteiger partial charge in [-0.1, -0.05) is 17.7 Å². The highest BCUT2D eigenvalue weighted by Gasteiger charge is 2.23. The molecule has 2 aromatic rings. The summed E-state index contributed by atoms with van der Waals surface area (Å²) in [6, 6.07) is 9.15. The standard InChI is InChI=1S/C14H17N3/c1-10-3-7-13(8-4-10)17-9-11(2)15-14(17)16-12-5-6-12/h3-4,7-9,12H,5-6H2,1-2H3,(H,15,16). The molecular formula is C14H17N3. The predicted molar refractivity (Wildman–Crippen MR) is 69.7 cm³/mol. The molecule has 1 N–H and O–H groups in total. The Hall–Kier alpha value is -1.77.